The number of nitrogens with one attached hydrogen (secondary N) is 2. The predicted octanol–water partition coefficient (Wildman–Crippen LogP) is 0.993. The molecular weight excluding hydrogens is 256 g/mol. The van der Waals surface area contributed by atoms with Crippen LogP contribution < -0.4 is 5.56 Å². The number of nitrogens with zero attached hydrogens (tertiary/aromatic N) is 2. The van der Waals surface area contributed by atoms with Gasteiger partial charge in [-0.3, -0.25) is 14.6 Å². The van der Waals surface area contributed by atoms with E-state index in [9.17, 15) is 9.59 Å². The van der Waals surface area contributed by atoms with E-state index in [1.807, 2.05) is 0 Å². The molecule has 0 amide bonds. The Hall–Kier alpha value is -1.83. The summed E-state index contributed by atoms with van der Waals surface area (Å²) < 4.78 is 0. The smallest absolute Gasteiger partial charge is 0.303 e. The molecule has 7 nitrogen and oxygen atoms in total. The van der Waals surface area contributed by atoms with Crippen molar-refractivity contribution in [2.24, 2.45) is 0 Å². The summed E-state index contributed by atoms with van der Waals surface area (Å²) in [6, 6.07) is 0. The minimum atomic E-state index is -0.788. The predicted molar refractivity (Wildman–Crippen MR) is 66.7 cm³/mol. The van der Waals surface area contributed by atoms with Gasteiger partial charge in [0, 0.05) is 12.2 Å². The summed E-state index contributed by atoms with van der Waals surface area (Å²) in [5, 5.41) is 8.99. The minimum Gasteiger partial charge on any atom is -0.481 e. The summed E-state index contributed by atoms with van der Waals surface area (Å²) in [7, 11) is 0. The monoisotopic (exact) mass is 268 g/mol. The number of carboxylic acids is 1. The average molecular weight is 268 g/mol. The summed E-state index contributed by atoms with van der Waals surface area (Å²) in [4.78, 5) is 35.4. The van der Waals surface area contributed by atoms with Gasteiger partial charge in [-0.25, -0.2) is 9.97 Å². The number of thioether (sulfide) groups is 1. The molecule has 0 spiro atoms. The van der Waals surface area contributed by atoms with Gasteiger partial charge in [0.1, 0.15) is 0 Å². The number of aliphatic carboxylic acids is 1. The van der Waals surface area contributed by atoms with E-state index in [0.717, 1.165) is 6.42 Å². The van der Waals surface area contributed by atoms with E-state index in [4.69, 9.17) is 5.11 Å². The second-order valence-corrected chi connectivity index (χ2v) is 4.76. The zero-order valence-electron chi connectivity index (χ0n) is 9.47. The van der Waals surface area contributed by atoms with Crippen LogP contribution in [0, 0.1) is 0 Å². The highest BCUT2D eigenvalue weighted by Gasteiger charge is 2.06. The molecule has 2 heterocycles. The molecule has 0 aliphatic carbocycles. The zero-order valence-corrected chi connectivity index (χ0v) is 10.3. The van der Waals surface area contributed by atoms with Gasteiger partial charge in [-0.15, -0.1) is 0 Å². The van der Waals surface area contributed by atoms with Gasteiger partial charge < -0.3 is 10.1 Å². The molecular formula is C10H12N4O3S. The van der Waals surface area contributed by atoms with Crippen molar-refractivity contribution in [2.75, 3.05) is 5.75 Å². The van der Waals surface area contributed by atoms with Crippen molar-refractivity contribution in [2.45, 2.75) is 24.4 Å². The molecule has 3 N–H and O–H groups in total. The molecule has 96 valence electrons. The van der Waals surface area contributed by atoms with Crippen molar-refractivity contribution in [3.63, 3.8) is 0 Å². The molecule has 0 radical (unpaired) electrons. The van der Waals surface area contributed by atoms with Crippen molar-refractivity contribution >= 4 is 28.9 Å². The van der Waals surface area contributed by atoms with Gasteiger partial charge in [-0.05, 0) is 12.8 Å². The maximum absolute atomic E-state index is 11.6. The molecule has 2 aromatic rings. The number of rotatable bonds is 6. The summed E-state index contributed by atoms with van der Waals surface area (Å²) in [5.41, 5.74) is 0.516. The molecule has 0 fully saturated rings. The minimum absolute atomic E-state index is 0.170. The van der Waals surface area contributed by atoms with Gasteiger partial charge in [0.2, 0.25) is 0 Å². The van der Waals surface area contributed by atoms with Crippen LogP contribution in [-0.4, -0.2) is 36.8 Å². The molecule has 18 heavy (non-hydrogen) atoms. The zero-order chi connectivity index (χ0) is 13.0. The third kappa shape index (κ3) is 3.10. The molecule has 2 aromatic heterocycles. The Morgan fingerprint density at radius 1 is 1.44 bits per heavy atom. The number of carboxylic acid groups (broad SMARTS) is 1. The first-order valence-electron chi connectivity index (χ1n) is 5.45. The normalized spacial score (nSPS) is 10.9. The second kappa shape index (κ2) is 5.67. The highest BCUT2D eigenvalue weighted by atomic mass is 32.2. The molecule has 0 saturated carbocycles. The van der Waals surface area contributed by atoms with Crippen LogP contribution in [0.25, 0.3) is 11.2 Å². The molecule has 2 rings (SSSR count). The van der Waals surface area contributed by atoms with Gasteiger partial charge in [-0.1, -0.05) is 11.8 Å². The number of fused-ring (bicyclic) bond motifs is 1. The van der Waals surface area contributed by atoms with E-state index < -0.39 is 5.97 Å². The molecule has 0 saturated heterocycles. The van der Waals surface area contributed by atoms with E-state index in [1.165, 1.54) is 18.1 Å². The Labute approximate surface area is 106 Å². The highest BCUT2D eigenvalue weighted by molar-refractivity contribution is 7.99. The first-order valence-corrected chi connectivity index (χ1v) is 6.43. The fraction of sp³-hybridized carbons (Fsp3) is 0.400. The van der Waals surface area contributed by atoms with Crippen LogP contribution in [-0.2, 0) is 4.79 Å². The SMILES string of the molecule is O=C(O)CCCCSc1nc2nc[nH]c2c(=O)[nH]1. The first kappa shape index (κ1) is 12.6. The average Bonchev–Trinajstić information content (AvgIpc) is 2.77. The maximum atomic E-state index is 11.6. The lowest BCUT2D eigenvalue weighted by atomic mass is 10.3. The molecule has 0 aliphatic rings. The van der Waals surface area contributed by atoms with Crippen LogP contribution in [0.4, 0.5) is 0 Å². The van der Waals surface area contributed by atoms with Gasteiger partial charge in [0.05, 0.1) is 6.33 Å². The van der Waals surface area contributed by atoms with Crippen molar-refractivity contribution in [3.8, 4) is 0 Å². The Morgan fingerprint density at radius 2 is 2.28 bits per heavy atom. The quantitative estimate of drug-likeness (QED) is 0.409. The lowest BCUT2D eigenvalue weighted by Gasteiger charge is -1.99. The molecule has 0 aliphatic heterocycles. The van der Waals surface area contributed by atoms with E-state index in [0.29, 0.717) is 28.5 Å². The first-order chi connectivity index (χ1) is 8.66. The molecule has 0 unspecified atom stereocenters. The van der Waals surface area contributed by atoms with Crippen LogP contribution in [0.3, 0.4) is 0 Å². The lowest BCUT2D eigenvalue weighted by molar-refractivity contribution is -0.137. The third-order valence-electron chi connectivity index (χ3n) is 2.30. The molecule has 0 atom stereocenters. The summed E-state index contributed by atoms with van der Waals surface area (Å²) >= 11 is 1.39. The van der Waals surface area contributed by atoms with Crippen molar-refractivity contribution in [1.82, 2.24) is 19.9 Å². The van der Waals surface area contributed by atoms with Gasteiger partial charge >= 0.3 is 5.97 Å². The van der Waals surface area contributed by atoms with Crippen molar-refractivity contribution < 1.29 is 9.90 Å². The molecule has 0 aromatic carbocycles. The topological polar surface area (TPSA) is 112 Å². The van der Waals surface area contributed by atoms with Gasteiger partial charge in [0.15, 0.2) is 16.3 Å². The fourth-order valence-corrected chi connectivity index (χ4v) is 2.30. The number of hydrogen-bond donors (Lipinski definition) is 3. The van der Waals surface area contributed by atoms with Crippen LogP contribution >= 0.6 is 11.8 Å². The number of carbonyl (C=O) groups is 1. The fourth-order valence-electron chi connectivity index (χ4n) is 1.44. The van der Waals surface area contributed by atoms with Gasteiger partial charge in [0.25, 0.3) is 5.56 Å². The van der Waals surface area contributed by atoms with Gasteiger partial charge in [-0.2, -0.15) is 0 Å². The lowest BCUT2D eigenvalue weighted by Crippen LogP contribution is -2.09. The maximum Gasteiger partial charge on any atom is 0.303 e. The number of imidazole rings is 1. The number of hydrogen-bond acceptors (Lipinski definition) is 5. The van der Waals surface area contributed by atoms with E-state index >= 15 is 0 Å². The van der Waals surface area contributed by atoms with Crippen LogP contribution in [0.2, 0.25) is 0 Å². The number of H-pyrrole nitrogens is 2. The number of unbranched alkanes of at least 4 members (excludes halogenated alkanes) is 1. The van der Waals surface area contributed by atoms with E-state index in [2.05, 4.69) is 19.9 Å². The standard InChI is InChI=1S/C10H12N4O3S/c15-6(16)3-1-2-4-18-10-13-8-7(9(17)14-10)11-5-12-8/h5H,1-4H2,(H,15,16)(H2,11,12,13,14,17). The number of aromatic amines is 2. The van der Waals surface area contributed by atoms with Crippen LogP contribution in [0.15, 0.2) is 16.3 Å². The summed E-state index contributed by atoms with van der Waals surface area (Å²) in [6.07, 6.45) is 2.98. The van der Waals surface area contributed by atoms with Crippen molar-refractivity contribution in [3.05, 3.63) is 16.7 Å². The van der Waals surface area contributed by atoms with Crippen LogP contribution in [0.1, 0.15) is 19.3 Å². The Bertz CT molecular complexity index is 606. The number of aromatic nitrogens is 4. The van der Waals surface area contributed by atoms with Crippen molar-refractivity contribution in [1.29, 1.82) is 0 Å². The Balaban J connectivity index is 1.91. The molecule has 0 bridgehead atoms. The molecule has 8 heteroatoms. The van der Waals surface area contributed by atoms with E-state index in [-0.39, 0.29) is 12.0 Å². The Morgan fingerprint density at radius 3 is 3.06 bits per heavy atom. The third-order valence-corrected chi connectivity index (χ3v) is 3.26. The van der Waals surface area contributed by atoms with Crippen LogP contribution in [0.5, 0.6) is 0 Å². The summed E-state index contributed by atoms with van der Waals surface area (Å²) in [5.74, 6) is -0.0731. The highest BCUT2D eigenvalue weighted by Crippen LogP contribution is 2.15. The second-order valence-electron chi connectivity index (χ2n) is 3.67. The largest absolute Gasteiger partial charge is 0.481 e. The van der Waals surface area contributed by atoms with E-state index in [1.54, 1.807) is 0 Å². The summed E-state index contributed by atoms with van der Waals surface area (Å²) in [6.45, 7) is 0. The Kier molecular flexibility index (Phi) is 3.98.